The lowest BCUT2D eigenvalue weighted by Crippen LogP contribution is -2.41. The number of amides is 2. The summed E-state index contributed by atoms with van der Waals surface area (Å²) in [5.41, 5.74) is 5.20. The molecule has 0 aliphatic rings. The third-order valence-corrected chi connectivity index (χ3v) is 3.18. The summed E-state index contributed by atoms with van der Waals surface area (Å²) in [5, 5.41) is 0. The molecule has 2 N–H and O–H groups in total. The summed E-state index contributed by atoms with van der Waals surface area (Å²) in [6.07, 6.45) is 2.96. The fourth-order valence-corrected chi connectivity index (χ4v) is 2.04. The molecule has 2 rings (SSSR count). The minimum Gasteiger partial charge on any atom is -0.493 e. The van der Waals surface area contributed by atoms with E-state index in [1.54, 1.807) is 6.07 Å². The molecular formula is C16H17N3O5. The van der Waals surface area contributed by atoms with Gasteiger partial charge in [-0.1, -0.05) is 0 Å². The van der Waals surface area contributed by atoms with Gasteiger partial charge in [0.2, 0.25) is 5.75 Å². The number of rotatable bonds is 5. The van der Waals surface area contributed by atoms with Gasteiger partial charge < -0.3 is 14.2 Å². The first kappa shape index (κ1) is 17.1. The van der Waals surface area contributed by atoms with Gasteiger partial charge in [0.15, 0.2) is 11.5 Å². The Morgan fingerprint density at radius 2 is 1.46 bits per heavy atom. The zero-order valence-corrected chi connectivity index (χ0v) is 13.5. The van der Waals surface area contributed by atoms with Crippen molar-refractivity contribution in [1.29, 1.82) is 0 Å². The normalized spacial score (nSPS) is 9.79. The van der Waals surface area contributed by atoms with Gasteiger partial charge in [-0.15, -0.1) is 0 Å². The molecule has 0 radical (unpaired) electrons. The molecule has 0 saturated carbocycles. The topological polar surface area (TPSA) is 98.8 Å². The molecule has 8 heteroatoms. The van der Waals surface area contributed by atoms with E-state index in [-0.39, 0.29) is 17.1 Å². The second kappa shape index (κ2) is 7.82. The Labute approximate surface area is 138 Å². The molecule has 24 heavy (non-hydrogen) atoms. The highest BCUT2D eigenvalue weighted by atomic mass is 16.5. The average Bonchev–Trinajstić information content (AvgIpc) is 2.64. The summed E-state index contributed by atoms with van der Waals surface area (Å²) < 4.78 is 15.6. The largest absolute Gasteiger partial charge is 0.493 e. The number of methoxy groups -OCH3 is 3. The van der Waals surface area contributed by atoms with Gasteiger partial charge in [-0.3, -0.25) is 25.4 Å². The van der Waals surface area contributed by atoms with Crippen LogP contribution in [0.4, 0.5) is 0 Å². The number of benzene rings is 1. The van der Waals surface area contributed by atoms with Gasteiger partial charge in [0.1, 0.15) is 0 Å². The maximum atomic E-state index is 12.3. The molecule has 0 fully saturated rings. The SMILES string of the molecule is COc1ccc(C(=O)NNC(=O)c2ccncc2)c(OC)c1OC. The van der Waals surface area contributed by atoms with Crippen molar-refractivity contribution >= 4 is 11.8 Å². The van der Waals surface area contributed by atoms with Crippen LogP contribution in [0.3, 0.4) is 0 Å². The lowest BCUT2D eigenvalue weighted by molar-refractivity contribution is 0.0844. The van der Waals surface area contributed by atoms with Crippen LogP contribution in [0.1, 0.15) is 20.7 Å². The lowest BCUT2D eigenvalue weighted by Gasteiger charge is -2.15. The van der Waals surface area contributed by atoms with Crippen molar-refractivity contribution in [2.24, 2.45) is 0 Å². The minimum absolute atomic E-state index is 0.185. The Hall–Kier alpha value is -3.29. The van der Waals surface area contributed by atoms with Crippen LogP contribution in [0.5, 0.6) is 17.2 Å². The number of hydrogen-bond acceptors (Lipinski definition) is 6. The average molecular weight is 331 g/mol. The summed E-state index contributed by atoms with van der Waals surface area (Å²) >= 11 is 0. The number of nitrogens with one attached hydrogen (secondary N) is 2. The van der Waals surface area contributed by atoms with E-state index < -0.39 is 11.8 Å². The molecule has 2 aromatic rings. The Balaban J connectivity index is 2.16. The molecule has 126 valence electrons. The van der Waals surface area contributed by atoms with E-state index in [2.05, 4.69) is 15.8 Å². The van der Waals surface area contributed by atoms with E-state index in [4.69, 9.17) is 14.2 Å². The van der Waals surface area contributed by atoms with E-state index in [0.717, 1.165) is 0 Å². The first-order chi connectivity index (χ1) is 11.6. The number of hydrazine groups is 1. The Bertz CT molecular complexity index is 734. The van der Waals surface area contributed by atoms with Gasteiger partial charge >= 0.3 is 0 Å². The van der Waals surface area contributed by atoms with E-state index in [1.807, 2.05) is 0 Å². The zero-order valence-electron chi connectivity index (χ0n) is 13.5. The monoisotopic (exact) mass is 331 g/mol. The van der Waals surface area contributed by atoms with Crippen LogP contribution in [0.15, 0.2) is 36.7 Å². The first-order valence-corrected chi connectivity index (χ1v) is 6.92. The fraction of sp³-hybridized carbons (Fsp3) is 0.188. The molecule has 0 atom stereocenters. The van der Waals surface area contributed by atoms with Gasteiger partial charge in [-0.05, 0) is 24.3 Å². The van der Waals surface area contributed by atoms with Crippen LogP contribution in [0, 0.1) is 0 Å². The van der Waals surface area contributed by atoms with Gasteiger partial charge in [0.05, 0.1) is 26.9 Å². The number of carbonyl (C=O) groups excluding carboxylic acids is 2. The highest BCUT2D eigenvalue weighted by Crippen LogP contribution is 2.39. The van der Waals surface area contributed by atoms with E-state index in [0.29, 0.717) is 11.3 Å². The minimum atomic E-state index is -0.560. The van der Waals surface area contributed by atoms with Crippen molar-refractivity contribution < 1.29 is 23.8 Å². The Kier molecular flexibility index (Phi) is 5.56. The van der Waals surface area contributed by atoms with Crippen LogP contribution in [-0.2, 0) is 0 Å². The van der Waals surface area contributed by atoms with Gasteiger partial charge in [0, 0.05) is 18.0 Å². The van der Waals surface area contributed by atoms with Crippen LogP contribution < -0.4 is 25.1 Å². The standard InChI is InChI=1S/C16H17N3O5/c1-22-12-5-4-11(13(23-2)14(12)24-3)16(21)19-18-15(20)10-6-8-17-9-7-10/h4-9H,1-3H3,(H,18,20)(H,19,21). The third-order valence-electron chi connectivity index (χ3n) is 3.18. The fourth-order valence-electron chi connectivity index (χ4n) is 2.04. The van der Waals surface area contributed by atoms with Crippen molar-refractivity contribution in [1.82, 2.24) is 15.8 Å². The smallest absolute Gasteiger partial charge is 0.273 e. The molecule has 0 unspecified atom stereocenters. The highest BCUT2D eigenvalue weighted by Gasteiger charge is 2.21. The van der Waals surface area contributed by atoms with Gasteiger partial charge in [-0.2, -0.15) is 0 Å². The van der Waals surface area contributed by atoms with Crippen molar-refractivity contribution in [2.45, 2.75) is 0 Å². The quantitative estimate of drug-likeness (QED) is 0.798. The molecule has 8 nitrogen and oxygen atoms in total. The number of hydrogen-bond donors (Lipinski definition) is 2. The highest BCUT2D eigenvalue weighted by molar-refractivity contribution is 6.01. The van der Waals surface area contributed by atoms with Crippen LogP contribution in [0.2, 0.25) is 0 Å². The number of carbonyl (C=O) groups is 2. The summed E-state index contributed by atoms with van der Waals surface area (Å²) in [6.45, 7) is 0. The molecule has 1 heterocycles. The lowest BCUT2D eigenvalue weighted by atomic mass is 10.1. The molecule has 1 aromatic heterocycles. The second-order valence-electron chi connectivity index (χ2n) is 4.53. The number of pyridine rings is 1. The van der Waals surface area contributed by atoms with E-state index in [9.17, 15) is 9.59 Å². The van der Waals surface area contributed by atoms with E-state index in [1.165, 1.54) is 51.9 Å². The molecule has 0 aliphatic carbocycles. The molecule has 0 saturated heterocycles. The maximum Gasteiger partial charge on any atom is 0.273 e. The van der Waals surface area contributed by atoms with Crippen molar-refractivity contribution in [3.63, 3.8) is 0 Å². The van der Waals surface area contributed by atoms with Gasteiger partial charge in [-0.25, -0.2) is 0 Å². The van der Waals surface area contributed by atoms with Crippen molar-refractivity contribution in [3.05, 3.63) is 47.8 Å². The molecule has 0 bridgehead atoms. The summed E-state index contributed by atoms with van der Waals surface area (Å²) in [5.74, 6) is -0.118. The number of ether oxygens (including phenoxy) is 3. The molecule has 0 spiro atoms. The molecular weight excluding hydrogens is 314 g/mol. The predicted molar refractivity (Wildman–Crippen MR) is 85.3 cm³/mol. The van der Waals surface area contributed by atoms with Crippen LogP contribution in [0.25, 0.3) is 0 Å². The Morgan fingerprint density at radius 1 is 0.833 bits per heavy atom. The summed E-state index contributed by atoms with van der Waals surface area (Å²) in [6, 6.07) is 6.13. The zero-order chi connectivity index (χ0) is 17.5. The van der Waals surface area contributed by atoms with Crippen molar-refractivity contribution in [2.75, 3.05) is 21.3 Å². The molecule has 0 aliphatic heterocycles. The number of aromatic nitrogens is 1. The second-order valence-corrected chi connectivity index (χ2v) is 4.53. The number of nitrogens with zero attached hydrogens (tertiary/aromatic N) is 1. The van der Waals surface area contributed by atoms with Gasteiger partial charge in [0.25, 0.3) is 11.8 Å². The van der Waals surface area contributed by atoms with Crippen LogP contribution in [-0.4, -0.2) is 38.1 Å². The summed E-state index contributed by atoms with van der Waals surface area (Å²) in [4.78, 5) is 28.1. The van der Waals surface area contributed by atoms with Crippen LogP contribution >= 0.6 is 0 Å². The third kappa shape index (κ3) is 3.54. The Morgan fingerprint density at radius 3 is 2.04 bits per heavy atom. The first-order valence-electron chi connectivity index (χ1n) is 6.92. The van der Waals surface area contributed by atoms with E-state index >= 15 is 0 Å². The molecule has 1 aromatic carbocycles. The maximum absolute atomic E-state index is 12.3. The predicted octanol–water partition coefficient (Wildman–Crippen LogP) is 1.18. The molecule has 2 amide bonds. The summed E-state index contributed by atoms with van der Waals surface area (Å²) in [7, 11) is 4.32. The van der Waals surface area contributed by atoms with Crippen molar-refractivity contribution in [3.8, 4) is 17.2 Å².